The SMILES string of the molecule is C=CC(C)=C(C)C=C(C)S(C)(=O)=O. The van der Waals surface area contributed by atoms with Crippen LogP contribution in [-0.2, 0) is 9.84 Å². The summed E-state index contributed by atoms with van der Waals surface area (Å²) in [6.07, 6.45) is 4.57. The van der Waals surface area contributed by atoms with Crippen molar-refractivity contribution in [1.82, 2.24) is 0 Å². The summed E-state index contributed by atoms with van der Waals surface area (Å²) in [5.74, 6) is 0. The van der Waals surface area contributed by atoms with Gasteiger partial charge in [0.2, 0.25) is 0 Å². The zero-order chi connectivity index (χ0) is 10.6. The van der Waals surface area contributed by atoms with Crippen LogP contribution in [0.5, 0.6) is 0 Å². The molecule has 0 rings (SSSR count). The van der Waals surface area contributed by atoms with E-state index in [4.69, 9.17) is 0 Å². The standard InChI is InChI=1S/C10H16O2S/c1-6-8(2)9(3)7-10(4)13(5,11)12/h6-7H,1H2,2-5H3. The fourth-order valence-corrected chi connectivity index (χ4v) is 1.08. The van der Waals surface area contributed by atoms with E-state index in [1.807, 2.05) is 13.8 Å². The lowest BCUT2D eigenvalue weighted by molar-refractivity contribution is 0.607. The van der Waals surface area contributed by atoms with Crippen molar-refractivity contribution < 1.29 is 8.42 Å². The molecule has 0 atom stereocenters. The molecule has 0 saturated carbocycles. The molecule has 2 nitrogen and oxygen atoms in total. The van der Waals surface area contributed by atoms with E-state index < -0.39 is 9.84 Å². The predicted octanol–water partition coefficient (Wildman–Crippen LogP) is 2.46. The predicted molar refractivity (Wildman–Crippen MR) is 57.2 cm³/mol. The lowest BCUT2D eigenvalue weighted by Crippen LogP contribution is -1.97. The molecule has 0 amide bonds. The lowest BCUT2D eigenvalue weighted by Gasteiger charge is -2.00. The zero-order valence-electron chi connectivity index (χ0n) is 8.59. The van der Waals surface area contributed by atoms with Crippen molar-refractivity contribution in [2.45, 2.75) is 20.8 Å². The van der Waals surface area contributed by atoms with Crippen LogP contribution >= 0.6 is 0 Å². The normalized spacial score (nSPS) is 15.2. The number of hydrogen-bond acceptors (Lipinski definition) is 2. The van der Waals surface area contributed by atoms with Crippen LogP contribution in [0.1, 0.15) is 20.8 Å². The van der Waals surface area contributed by atoms with Gasteiger partial charge in [0.15, 0.2) is 9.84 Å². The average Bonchev–Trinajstić information content (AvgIpc) is 2.01. The van der Waals surface area contributed by atoms with Crippen LogP contribution in [0.4, 0.5) is 0 Å². The molecule has 74 valence electrons. The van der Waals surface area contributed by atoms with E-state index in [1.54, 1.807) is 19.1 Å². The molecule has 0 bridgehead atoms. The first kappa shape index (κ1) is 12.2. The summed E-state index contributed by atoms with van der Waals surface area (Å²) >= 11 is 0. The molecule has 0 aliphatic carbocycles. The second-order valence-corrected chi connectivity index (χ2v) is 5.29. The largest absolute Gasteiger partial charge is 0.224 e. The summed E-state index contributed by atoms with van der Waals surface area (Å²) in [5, 5.41) is 0. The molecular weight excluding hydrogens is 184 g/mol. The Labute approximate surface area is 80.6 Å². The molecule has 13 heavy (non-hydrogen) atoms. The second-order valence-electron chi connectivity index (χ2n) is 3.10. The Balaban J connectivity index is 5.11. The van der Waals surface area contributed by atoms with Crippen LogP contribution in [0.2, 0.25) is 0 Å². The minimum Gasteiger partial charge on any atom is -0.224 e. The maximum Gasteiger partial charge on any atom is 0.171 e. The van der Waals surface area contributed by atoms with E-state index >= 15 is 0 Å². The van der Waals surface area contributed by atoms with Crippen molar-refractivity contribution in [1.29, 1.82) is 0 Å². The van der Waals surface area contributed by atoms with Gasteiger partial charge in [-0.1, -0.05) is 12.7 Å². The Bertz CT molecular complexity index is 356. The van der Waals surface area contributed by atoms with Gasteiger partial charge >= 0.3 is 0 Å². The van der Waals surface area contributed by atoms with Crippen LogP contribution < -0.4 is 0 Å². The molecule has 0 saturated heterocycles. The van der Waals surface area contributed by atoms with Gasteiger partial charge in [-0.3, -0.25) is 0 Å². The van der Waals surface area contributed by atoms with Crippen molar-refractivity contribution in [2.75, 3.05) is 6.26 Å². The molecular formula is C10H16O2S. The van der Waals surface area contributed by atoms with Crippen molar-refractivity contribution in [2.24, 2.45) is 0 Å². The molecule has 0 aliphatic rings. The van der Waals surface area contributed by atoms with E-state index in [0.29, 0.717) is 4.91 Å². The smallest absolute Gasteiger partial charge is 0.171 e. The highest BCUT2D eigenvalue weighted by Gasteiger charge is 2.04. The van der Waals surface area contributed by atoms with E-state index in [0.717, 1.165) is 11.1 Å². The van der Waals surface area contributed by atoms with Crippen LogP contribution in [0, 0.1) is 0 Å². The highest BCUT2D eigenvalue weighted by molar-refractivity contribution is 7.94. The summed E-state index contributed by atoms with van der Waals surface area (Å²) in [6, 6.07) is 0. The molecule has 0 aliphatic heterocycles. The molecule has 0 aromatic heterocycles. The van der Waals surface area contributed by atoms with Crippen molar-refractivity contribution in [3.8, 4) is 0 Å². The van der Waals surface area contributed by atoms with Crippen LogP contribution in [-0.4, -0.2) is 14.7 Å². The van der Waals surface area contributed by atoms with E-state index in [2.05, 4.69) is 6.58 Å². The van der Waals surface area contributed by atoms with Gasteiger partial charge in [0.1, 0.15) is 0 Å². The number of allylic oxidation sites excluding steroid dienone is 5. The summed E-state index contributed by atoms with van der Waals surface area (Å²) < 4.78 is 22.1. The number of sulfone groups is 1. The van der Waals surface area contributed by atoms with Gasteiger partial charge < -0.3 is 0 Å². The van der Waals surface area contributed by atoms with Crippen LogP contribution in [0.3, 0.4) is 0 Å². The summed E-state index contributed by atoms with van der Waals surface area (Å²) in [7, 11) is -3.05. The highest BCUT2D eigenvalue weighted by atomic mass is 32.2. The van der Waals surface area contributed by atoms with Gasteiger partial charge in [-0.2, -0.15) is 0 Å². The van der Waals surface area contributed by atoms with E-state index in [1.165, 1.54) is 6.26 Å². The maximum absolute atomic E-state index is 11.1. The first-order chi connectivity index (χ1) is 5.79. The monoisotopic (exact) mass is 200 g/mol. The third-order valence-corrected chi connectivity index (χ3v) is 3.22. The molecule has 0 aromatic carbocycles. The number of rotatable bonds is 3. The minimum absolute atomic E-state index is 0.381. The zero-order valence-corrected chi connectivity index (χ0v) is 9.40. The van der Waals surface area contributed by atoms with Gasteiger partial charge in [0.25, 0.3) is 0 Å². The molecule has 3 heteroatoms. The lowest BCUT2D eigenvalue weighted by atomic mass is 10.1. The van der Waals surface area contributed by atoms with Crippen molar-refractivity contribution in [3.05, 3.63) is 34.8 Å². The van der Waals surface area contributed by atoms with Gasteiger partial charge in [0.05, 0.1) is 0 Å². The summed E-state index contributed by atoms with van der Waals surface area (Å²) in [6.45, 7) is 8.97. The first-order valence-corrected chi connectivity index (χ1v) is 5.86. The fourth-order valence-electron chi connectivity index (χ4n) is 0.687. The van der Waals surface area contributed by atoms with Crippen LogP contribution in [0.25, 0.3) is 0 Å². The van der Waals surface area contributed by atoms with Crippen molar-refractivity contribution >= 4 is 9.84 Å². The molecule has 0 fully saturated rings. The summed E-state index contributed by atoms with van der Waals surface area (Å²) in [5.41, 5.74) is 1.92. The highest BCUT2D eigenvalue weighted by Crippen LogP contribution is 2.11. The minimum atomic E-state index is -3.05. The van der Waals surface area contributed by atoms with Gasteiger partial charge in [-0.15, -0.1) is 0 Å². The Morgan fingerprint density at radius 3 is 1.92 bits per heavy atom. The van der Waals surface area contributed by atoms with Gasteiger partial charge in [-0.25, -0.2) is 8.42 Å². The van der Waals surface area contributed by atoms with E-state index in [9.17, 15) is 8.42 Å². The molecule has 0 spiro atoms. The van der Waals surface area contributed by atoms with Crippen molar-refractivity contribution in [3.63, 3.8) is 0 Å². The van der Waals surface area contributed by atoms with Gasteiger partial charge in [0, 0.05) is 11.2 Å². The molecule has 0 N–H and O–H groups in total. The molecule has 0 unspecified atom stereocenters. The average molecular weight is 200 g/mol. The van der Waals surface area contributed by atoms with Gasteiger partial charge in [-0.05, 0) is 38.0 Å². The molecule has 0 heterocycles. The van der Waals surface area contributed by atoms with Crippen LogP contribution in [0.15, 0.2) is 34.8 Å². The van der Waals surface area contributed by atoms with E-state index in [-0.39, 0.29) is 0 Å². The Morgan fingerprint density at radius 2 is 1.62 bits per heavy atom. The molecule has 0 aromatic rings. The quantitative estimate of drug-likeness (QED) is 0.656. The third-order valence-electron chi connectivity index (χ3n) is 1.93. The Kier molecular flexibility index (Phi) is 4.14. The maximum atomic E-state index is 11.1. The number of hydrogen-bond donors (Lipinski definition) is 0. The Morgan fingerprint density at radius 1 is 1.15 bits per heavy atom. The second kappa shape index (κ2) is 4.42. The first-order valence-electron chi connectivity index (χ1n) is 3.97. The fraction of sp³-hybridized carbons (Fsp3) is 0.400. The Hall–Kier alpha value is -0.830. The molecule has 0 radical (unpaired) electrons. The third kappa shape index (κ3) is 4.08. The topological polar surface area (TPSA) is 34.1 Å². The summed E-state index contributed by atoms with van der Waals surface area (Å²) in [4.78, 5) is 0.381.